The number of carbonyl (C=O) groups excluding carboxylic acids is 1. The highest BCUT2D eigenvalue weighted by Crippen LogP contribution is 2.28. The predicted molar refractivity (Wildman–Crippen MR) is 105 cm³/mol. The molecule has 3 heterocycles. The number of anilines is 2. The zero-order chi connectivity index (χ0) is 22.6. The zero-order valence-electron chi connectivity index (χ0n) is 16.7. The lowest BCUT2D eigenvalue weighted by Gasteiger charge is -2.35. The van der Waals surface area contributed by atoms with Gasteiger partial charge in [0.15, 0.2) is 0 Å². The van der Waals surface area contributed by atoms with Crippen molar-refractivity contribution in [3.8, 4) is 0 Å². The van der Waals surface area contributed by atoms with Gasteiger partial charge in [0.05, 0.1) is 5.56 Å². The molecular weight excluding hydrogens is 419 g/mol. The molecule has 0 aliphatic carbocycles. The van der Waals surface area contributed by atoms with Crippen LogP contribution in [-0.4, -0.2) is 74.9 Å². The van der Waals surface area contributed by atoms with Crippen molar-refractivity contribution >= 4 is 17.7 Å². The van der Waals surface area contributed by atoms with Crippen molar-refractivity contribution in [2.45, 2.75) is 25.6 Å². The number of nitrogens with zero attached hydrogens (tertiary/aromatic N) is 5. The summed E-state index contributed by atoms with van der Waals surface area (Å²) in [6.45, 7) is 3.15. The Morgan fingerprint density at radius 3 is 2.48 bits per heavy atom. The fourth-order valence-electron chi connectivity index (χ4n) is 3.02. The van der Waals surface area contributed by atoms with E-state index in [1.807, 2.05) is 0 Å². The summed E-state index contributed by atoms with van der Waals surface area (Å²) in [4.78, 5) is 34.4. The first-order valence-electron chi connectivity index (χ1n) is 9.56. The number of aliphatic hydroxyl groups is 1. The number of hydrogen-bond donors (Lipinski definition) is 3. The molecule has 1 saturated heterocycles. The SMILES string of the molecule is Cc1cc(NCC[C@@H](O)C(=O)N2CCN(c3ncc(C(F)(F)F)cn3)CC2)n[nH]c1=O. The van der Waals surface area contributed by atoms with Crippen LogP contribution in [0.1, 0.15) is 17.5 Å². The summed E-state index contributed by atoms with van der Waals surface area (Å²) in [6.07, 6.45) is -4.11. The second kappa shape index (κ2) is 9.29. The Balaban J connectivity index is 1.45. The standard InChI is InChI=1S/C18H22F3N7O3/c1-11-8-14(25-26-15(11)30)22-3-2-13(29)16(31)27-4-6-28(7-5-27)17-23-9-12(10-24-17)18(19,20)21/h8-10,13,29H,2-7H2,1H3,(H,22,25)(H,26,30)/t13-/m1/s1. The van der Waals surface area contributed by atoms with Crippen molar-refractivity contribution in [1.82, 2.24) is 25.1 Å². The molecule has 3 N–H and O–H groups in total. The average molecular weight is 441 g/mol. The van der Waals surface area contributed by atoms with Gasteiger partial charge in [0, 0.05) is 50.7 Å². The lowest BCUT2D eigenvalue weighted by Crippen LogP contribution is -2.52. The summed E-state index contributed by atoms with van der Waals surface area (Å²) in [5.41, 5.74) is -0.723. The molecule has 0 radical (unpaired) electrons. The number of piperazine rings is 1. The third kappa shape index (κ3) is 5.69. The van der Waals surface area contributed by atoms with Crippen molar-refractivity contribution in [2.24, 2.45) is 0 Å². The molecule has 10 nitrogen and oxygen atoms in total. The first-order valence-corrected chi connectivity index (χ1v) is 9.56. The van der Waals surface area contributed by atoms with E-state index in [9.17, 15) is 27.9 Å². The summed E-state index contributed by atoms with van der Waals surface area (Å²) in [5, 5.41) is 19.3. The maximum absolute atomic E-state index is 12.6. The Morgan fingerprint density at radius 2 is 1.90 bits per heavy atom. The third-order valence-electron chi connectivity index (χ3n) is 4.84. The molecule has 3 rings (SSSR count). The zero-order valence-corrected chi connectivity index (χ0v) is 16.7. The molecule has 0 unspecified atom stereocenters. The molecule has 0 aromatic carbocycles. The van der Waals surface area contributed by atoms with Crippen LogP contribution in [0, 0.1) is 6.92 Å². The van der Waals surface area contributed by atoms with Gasteiger partial charge in [-0.2, -0.15) is 18.3 Å². The number of aryl methyl sites for hydroxylation is 1. The van der Waals surface area contributed by atoms with E-state index in [4.69, 9.17) is 0 Å². The Kier molecular flexibility index (Phi) is 6.73. The topological polar surface area (TPSA) is 127 Å². The fraction of sp³-hybridized carbons (Fsp3) is 0.500. The van der Waals surface area contributed by atoms with Crippen LogP contribution in [0.4, 0.5) is 24.9 Å². The second-order valence-electron chi connectivity index (χ2n) is 7.08. The molecule has 0 saturated carbocycles. The van der Waals surface area contributed by atoms with Gasteiger partial charge in [0.25, 0.3) is 11.5 Å². The van der Waals surface area contributed by atoms with Gasteiger partial charge in [-0.25, -0.2) is 15.1 Å². The van der Waals surface area contributed by atoms with Gasteiger partial charge in [0.1, 0.15) is 11.9 Å². The average Bonchev–Trinajstić information content (AvgIpc) is 2.75. The largest absolute Gasteiger partial charge is 0.419 e. The van der Waals surface area contributed by atoms with Gasteiger partial charge in [-0.3, -0.25) is 9.59 Å². The van der Waals surface area contributed by atoms with Gasteiger partial charge < -0.3 is 20.2 Å². The van der Waals surface area contributed by atoms with E-state index < -0.39 is 23.8 Å². The van der Waals surface area contributed by atoms with Gasteiger partial charge >= 0.3 is 6.18 Å². The molecule has 1 amide bonds. The van der Waals surface area contributed by atoms with E-state index in [-0.39, 0.29) is 37.6 Å². The Labute approximate surface area is 175 Å². The van der Waals surface area contributed by atoms with Gasteiger partial charge in [0.2, 0.25) is 5.95 Å². The first-order chi connectivity index (χ1) is 14.6. The number of alkyl halides is 3. The Morgan fingerprint density at radius 1 is 1.26 bits per heavy atom. The Hall–Kier alpha value is -3.22. The molecule has 2 aromatic rings. The number of H-pyrrole nitrogens is 1. The van der Waals surface area contributed by atoms with Crippen molar-refractivity contribution in [1.29, 1.82) is 0 Å². The summed E-state index contributed by atoms with van der Waals surface area (Å²) >= 11 is 0. The van der Waals surface area contributed by atoms with Crippen LogP contribution in [0.2, 0.25) is 0 Å². The lowest BCUT2D eigenvalue weighted by molar-refractivity contribution is -0.140. The van der Waals surface area contributed by atoms with E-state index in [0.29, 0.717) is 24.5 Å². The number of aromatic amines is 1. The van der Waals surface area contributed by atoms with Crippen LogP contribution >= 0.6 is 0 Å². The molecule has 13 heteroatoms. The normalized spacial score (nSPS) is 15.6. The number of rotatable bonds is 6. The summed E-state index contributed by atoms with van der Waals surface area (Å²) < 4.78 is 37.8. The van der Waals surface area contributed by atoms with Crippen LogP contribution in [0.25, 0.3) is 0 Å². The van der Waals surface area contributed by atoms with Crippen LogP contribution < -0.4 is 15.8 Å². The number of nitrogens with one attached hydrogen (secondary N) is 2. The third-order valence-corrected chi connectivity index (χ3v) is 4.84. The van der Waals surface area contributed by atoms with Crippen molar-refractivity contribution in [3.05, 3.63) is 39.9 Å². The van der Waals surface area contributed by atoms with Crippen LogP contribution in [-0.2, 0) is 11.0 Å². The number of carbonyl (C=O) groups is 1. The summed E-state index contributed by atoms with van der Waals surface area (Å²) in [7, 11) is 0. The van der Waals surface area contributed by atoms with Crippen molar-refractivity contribution in [2.75, 3.05) is 42.9 Å². The molecule has 0 spiro atoms. The smallest absolute Gasteiger partial charge is 0.383 e. The number of aromatic nitrogens is 4. The van der Waals surface area contributed by atoms with Crippen molar-refractivity contribution < 1.29 is 23.1 Å². The van der Waals surface area contributed by atoms with E-state index in [1.54, 1.807) is 17.9 Å². The molecule has 1 fully saturated rings. The number of amides is 1. The lowest BCUT2D eigenvalue weighted by atomic mass is 10.2. The molecular formula is C18H22F3N7O3. The summed E-state index contributed by atoms with van der Waals surface area (Å²) in [6, 6.07) is 1.57. The maximum Gasteiger partial charge on any atom is 0.419 e. The minimum absolute atomic E-state index is 0.140. The van der Waals surface area contributed by atoms with Gasteiger partial charge in [-0.1, -0.05) is 0 Å². The predicted octanol–water partition coefficient (Wildman–Crippen LogP) is 0.399. The van der Waals surface area contributed by atoms with E-state index in [1.165, 1.54) is 4.90 Å². The van der Waals surface area contributed by atoms with Crippen LogP contribution in [0.15, 0.2) is 23.3 Å². The number of aliphatic hydroxyl groups excluding tert-OH is 1. The van der Waals surface area contributed by atoms with E-state index in [0.717, 1.165) is 12.4 Å². The highest BCUT2D eigenvalue weighted by molar-refractivity contribution is 5.81. The number of halogens is 3. The minimum Gasteiger partial charge on any atom is -0.383 e. The van der Waals surface area contributed by atoms with Gasteiger partial charge in [-0.05, 0) is 19.4 Å². The molecule has 1 atom stereocenters. The molecule has 0 bridgehead atoms. The first kappa shape index (κ1) is 22.5. The molecule has 2 aromatic heterocycles. The monoisotopic (exact) mass is 441 g/mol. The van der Waals surface area contributed by atoms with Crippen LogP contribution in [0.5, 0.6) is 0 Å². The van der Waals surface area contributed by atoms with E-state index in [2.05, 4.69) is 25.5 Å². The van der Waals surface area contributed by atoms with Crippen LogP contribution in [0.3, 0.4) is 0 Å². The molecule has 31 heavy (non-hydrogen) atoms. The van der Waals surface area contributed by atoms with Gasteiger partial charge in [-0.15, -0.1) is 0 Å². The number of hydrogen-bond acceptors (Lipinski definition) is 8. The van der Waals surface area contributed by atoms with E-state index >= 15 is 0 Å². The maximum atomic E-state index is 12.6. The Bertz CT molecular complexity index is 957. The van der Waals surface area contributed by atoms with Crippen molar-refractivity contribution in [3.63, 3.8) is 0 Å². The summed E-state index contributed by atoms with van der Waals surface area (Å²) in [5.74, 6) is 0.163. The molecule has 1 aliphatic rings. The second-order valence-corrected chi connectivity index (χ2v) is 7.08. The minimum atomic E-state index is -4.50. The quantitative estimate of drug-likeness (QED) is 0.588. The fourth-order valence-corrected chi connectivity index (χ4v) is 3.02. The molecule has 168 valence electrons. The highest BCUT2D eigenvalue weighted by Gasteiger charge is 2.32. The highest BCUT2D eigenvalue weighted by atomic mass is 19.4. The molecule has 1 aliphatic heterocycles.